The molecular formula is C25H25N3O2. The quantitative estimate of drug-likeness (QED) is 0.492. The van der Waals surface area contributed by atoms with Gasteiger partial charge in [0.15, 0.2) is 6.61 Å². The first kappa shape index (κ1) is 19.7. The molecule has 0 unspecified atom stereocenters. The number of hydrogen-bond donors (Lipinski definition) is 1. The highest BCUT2D eigenvalue weighted by molar-refractivity contribution is 5.79. The van der Waals surface area contributed by atoms with E-state index in [1.54, 1.807) is 0 Å². The SMILES string of the molecule is Cc1ccc(Cn2c([C@H](C)NC(=O)COc3ccccc3)nc3ccccc32)cc1. The molecule has 0 aliphatic heterocycles. The number of amides is 1. The Morgan fingerprint density at radius 3 is 2.47 bits per heavy atom. The number of fused-ring (bicyclic) bond motifs is 1. The number of nitrogens with one attached hydrogen (secondary N) is 1. The average molecular weight is 399 g/mol. The first-order valence-corrected chi connectivity index (χ1v) is 10.1. The molecule has 0 aliphatic rings. The Kier molecular flexibility index (Phi) is 5.80. The maximum absolute atomic E-state index is 12.4. The lowest BCUT2D eigenvalue weighted by Gasteiger charge is -2.17. The van der Waals surface area contributed by atoms with Gasteiger partial charge in [-0.05, 0) is 43.7 Å². The lowest BCUT2D eigenvalue weighted by atomic mass is 10.1. The van der Waals surface area contributed by atoms with E-state index >= 15 is 0 Å². The molecule has 4 aromatic rings. The molecule has 0 fully saturated rings. The third-order valence-electron chi connectivity index (χ3n) is 5.02. The van der Waals surface area contributed by atoms with Gasteiger partial charge in [0.1, 0.15) is 11.6 Å². The molecule has 0 spiro atoms. The highest BCUT2D eigenvalue weighted by Crippen LogP contribution is 2.22. The average Bonchev–Trinajstić information content (AvgIpc) is 3.13. The number of aryl methyl sites for hydroxylation is 1. The highest BCUT2D eigenvalue weighted by Gasteiger charge is 2.19. The lowest BCUT2D eigenvalue weighted by Crippen LogP contribution is -2.32. The van der Waals surface area contributed by atoms with Crippen LogP contribution in [0.4, 0.5) is 0 Å². The van der Waals surface area contributed by atoms with Crippen molar-refractivity contribution >= 4 is 16.9 Å². The van der Waals surface area contributed by atoms with Gasteiger partial charge in [0, 0.05) is 6.54 Å². The molecule has 30 heavy (non-hydrogen) atoms. The summed E-state index contributed by atoms with van der Waals surface area (Å²) < 4.78 is 7.73. The van der Waals surface area contributed by atoms with Gasteiger partial charge in [-0.2, -0.15) is 0 Å². The van der Waals surface area contributed by atoms with E-state index in [9.17, 15) is 4.79 Å². The Balaban J connectivity index is 1.53. The van der Waals surface area contributed by atoms with Crippen molar-refractivity contribution in [3.8, 4) is 5.75 Å². The maximum Gasteiger partial charge on any atom is 0.258 e. The molecule has 5 heteroatoms. The third kappa shape index (κ3) is 4.51. The van der Waals surface area contributed by atoms with Crippen LogP contribution < -0.4 is 10.1 Å². The molecule has 5 nitrogen and oxygen atoms in total. The number of ether oxygens (including phenoxy) is 1. The van der Waals surface area contributed by atoms with Gasteiger partial charge in [0.25, 0.3) is 5.91 Å². The zero-order chi connectivity index (χ0) is 20.9. The van der Waals surface area contributed by atoms with Gasteiger partial charge in [0.05, 0.1) is 17.1 Å². The van der Waals surface area contributed by atoms with E-state index in [0.717, 1.165) is 16.9 Å². The van der Waals surface area contributed by atoms with Gasteiger partial charge in [-0.1, -0.05) is 60.2 Å². The lowest BCUT2D eigenvalue weighted by molar-refractivity contribution is -0.123. The first-order chi connectivity index (χ1) is 14.6. The van der Waals surface area contributed by atoms with Crippen LogP contribution in [0.25, 0.3) is 11.0 Å². The molecule has 1 N–H and O–H groups in total. The van der Waals surface area contributed by atoms with Crippen LogP contribution in [0, 0.1) is 6.92 Å². The highest BCUT2D eigenvalue weighted by atomic mass is 16.5. The van der Waals surface area contributed by atoms with E-state index in [1.165, 1.54) is 11.1 Å². The van der Waals surface area contributed by atoms with Crippen molar-refractivity contribution < 1.29 is 9.53 Å². The van der Waals surface area contributed by atoms with Crippen molar-refractivity contribution in [1.82, 2.24) is 14.9 Å². The fourth-order valence-electron chi connectivity index (χ4n) is 3.48. The normalized spacial score (nSPS) is 11.9. The number of para-hydroxylation sites is 3. The molecule has 1 heterocycles. The monoisotopic (exact) mass is 399 g/mol. The zero-order valence-corrected chi connectivity index (χ0v) is 17.2. The van der Waals surface area contributed by atoms with Crippen LogP contribution in [-0.4, -0.2) is 22.1 Å². The predicted molar refractivity (Wildman–Crippen MR) is 119 cm³/mol. The number of aromatic nitrogens is 2. The Bertz CT molecular complexity index is 1130. The van der Waals surface area contributed by atoms with Gasteiger partial charge in [-0.15, -0.1) is 0 Å². The Hall–Kier alpha value is -3.60. The minimum Gasteiger partial charge on any atom is -0.484 e. The summed E-state index contributed by atoms with van der Waals surface area (Å²) in [5.41, 5.74) is 4.39. The largest absolute Gasteiger partial charge is 0.484 e. The van der Waals surface area contributed by atoms with E-state index in [-0.39, 0.29) is 18.6 Å². The van der Waals surface area contributed by atoms with E-state index in [0.29, 0.717) is 12.3 Å². The number of imidazole rings is 1. The summed E-state index contributed by atoms with van der Waals surface area (Å²) in [7, 11) is 0. The third-order valence-corrected chi connectivity index (χ3v) is 5.02. The second-order valence-corrected chi connectivity index (χ2v) is 7.42. The Morgan fingerprint density at radius 2 is 1.70 bits per heavy atom. The van der Waals surface area contributed by atoms with Crippen molar-refractivity contribution in [2.24, 2.45) is 0 Å². The summed E-state index contributed by atoms with van der Waals surface area (Å²) in [4.78, 5) is 17.3. The molecule has 152 valence electrons. The number of carbonyl (C=O) groups is 1. The van der Waals surface area contributed by atoms with Crippen LogP contribution in [0.2, 0.25) is 0 Å². The predicted octanol–water partition coefficient (Wildman–Crippen LogP) is 4.65. The van der Waals surface area contributed by atoms with Crippen molar-refractivity contribution in [2.75, 3.05) is 6.61 Å². The zero-order valence-electron chi connectivity index (χ0n) is 17.2. The molecule has 0 saturated carbocycles. The molecule has 0 aliphatic carbocycles. The van der Waals surface area contributed by atoms with Crippen LogP contribution in [0.1, 0.15) is 29.9 Å². The summed E-state index contributed by atoms with van der Waals surface area (Å²) in [6.07, 6.45) is 0. The smallest absolute Gasteiger partial charge is 0.258 e. The van der Waals surface area contributed by atoms with E-state index in [2.05, 4.69) is 47.1 Å². The molecule has 0 saturated heterocycles. The van der Waals surface area contributed by atoms with E-state index in [4.69, 9.17) is 9.72 Å². The Labute approximate surface area is 176 Å². The molecule has 1 amide bonds. The van der Waals surface area contributed by atoms with Crippen LogP contribution >= 0.6 is 0 Å². The topological polar surface area (TPSA) is 56.2 Å². The fraction of sp³-hybridized carbons (Fsp3) is 0.200. The fourth-order valence-corrected chi connectivity index (χ4v) is 3.48. The molecule has 0 radical (unpaired) electrons. The van der Waals surface area contributed by atoms with Crippen molar-refractivity contribution in [1.29, 1.82) is 0 Å². The molecular weight excluding hydrogens is 374 g/mol. The number of hydrogen-bond acceptors (Lipinski definition) is 3. The molecule has 1 atom stereocenters. The van der Waals surface area contributed by atoms with Gasteiger partial charge in [0.2, 0.25) is 0 Å². The molecule has 0 bridgehead atoms. The van der Waals surface area contributed by atoms with Gasteiger partial charge in [-0.25, -0.2) is 4.98 Å². The minimum atomic E-state index is -0.255. The van der Waals surface area contributed by atoms with Crippen LogP contribution in [-0.2, 0) is 11.3 Å². The minimum absolute atomic E-state index is 0.0352. The molecule has 4 rings (SSSR count). The number of nitrogens with zero attached hydrogens (tertiary/aromatic N) is 2. The summed E-state index contributed by atoms with van der Waals surface area (Å²) >= 11 is 0. The molecule has 3 aromatic carbocycles. The van der Waals surface area contributed by atoms with E-state index in [1.807, 2.05) is 55.5 Å². The van der Waals surface area contributed by atoms with Gasteiger partial charge >= 0.3 is 0 Å². The summed E-state index contributed by atoms with van der Waals surface area (Å²) in [6, 6.07) is 25.6. The number of carbonyl (C=O) groups excluding carboxylic acids is 1. The van der Waals surface area contributed by atoms with Gasteiger partial charge < -0.3 is 14.6 Å². The van der Waals surface area contributed by atoms with Gasteiger partial charge in [-0.3, -0.25) is 4.79 Å². The second kappa shape index (κ2) is 8.82. The van der Waals surface area contributed by atoms with Crippen molar-refractivity contribution in [3.05, 3.63) is 95.8 Å². The molecule has 1 aromatic heterocycles. The number of benzene rings is 3. The van der Waals surface area contributed by atoms with Crippen LogP contribution in [0.15, 0.2) is 78.9 Å². The summed E-state index contributed by atoms with van der Waals surface area (Å²) in [6.45, 7) is 4.69. The summed E-state index contributed by atoms with van der Waals surface area (Å²) in [5.74, 6) is 1.32. The Morgan fingerprint density at radius 1 is 1.00 bits per heavy atom. The van der Waals surface area contributed by atoms with Crippen molar-refractivity contribution in [3.63, 3.8) is 0 Å². The van der Waals surface area contributed by atoms with Crippen molar-refractivity contribution in [2.45, 2.75) is 26.4 Å². The summed E-state index contributed by atoms with van der Waals surface area (Å²) in [5, 5.41) is 3.02. The standard InChI is InChI=1S/C25H25N3O2/c1-18-12-14-20(15-13-18)16-28-23-11-7-6-10-22(23)27-25(28)19(2)26-24(29)17-30-21-8-4-3-5-9-21/h3-15,19H,16-17H2,1-2H3,(H,26,29)/t19-/m0/s1. The first-order valence-electron chi connectivity index (χ1n) is 10.1. The van der Waals surface area contributed by atoms with Crippen LogP contribution in [0.3, 0.4) is 0 Å². The second-order valence-electron chi connectivity index (χ2n) is 7.42. The number of rotatable bonds is 7. The maximum atomic E-state index is 12.4. The van der Waals surface area contributed by atoms with E-state index < -0.39 is 0 Å². The van der Waals surface area contributed by atoms with Crippen LogP contribution in [0.5, 0.6) is 5.75 Å².